The molecule has 1 aromatic rings. The summed E-state index contributed by atoms with van der Waals surface area (Å²) in [6.45, 7) is 9.44. The van der Waals surface area contributed by atoms with Gasteiger partial charge in [-0.25, -0.2) is 4.39 Å². The van der Waals surface area contributed by atoms with Crippen molar-refractivity contribution in [2.45, 2.75) is 46.2 Å². The molecule has 8 heteroatoms. The fraction of sp³-hybridized carbons (Fsp3) is 0.600. The SMILES string of the molecule is CCC(=O)N1CCC(NC(=NC)NCc2ccc(N(CC)CC)c(F)c2)C1.I. The van der Waals surface area contributed by atoms with Crippen LogP contribution in [0.15, 0.2) is 23.2 Å². The highest BCUT2D eigenvalue weighted by Crippen LogP contribution is 2.20. The van der Waals surface area contributed by atoms with E-state index in [1.807, 2.05) is 42.7 Å². The summed E-state index contributed by atoms with van der Waals surface area (Å²) >= 11 is 0. The van der Waals surface area contributed by atoms with E-state index in [2.05, 4.69) is 15.6 Å². The molecule has 1 aliphatic rings. The van der Waals surface area contributed by atoms with E-state index in [4.69, 9.17) is 0 Å². The van der Waals surface area contributed by atoms with Crippen molar-refractivity contribution in [3.05, 3.63) is 29.6 Å². The zero-order chi connectivity index (χ0) is 19.8. The number of carbonyl (C=O) groups excluding carboxylic acids is 1. The third-order valence-corrected chi connectivity index (χ3v) is 4.98. The maximum absolute atomic E-state index is 14.4. The number of carbonyl (C=O) groups is 1. The van der Waals surface area contributed by atoms with Gasteiger partial charge >= 0.3 is 0 Å². The van der Waals surface area contributed by atoms with Crippen LogP contribution in [0, 0.1) is 5.82 Å². The maximum atomic E-state index is 14.4. The van der Waals surface area contributed by atoms with Gasteiger partial charge < -0.3 is 20.4 Å². The number of benzene rings is 1. The largest absolute Gasteiger partial charge is 0.370 e. The topological polar surface area (TPSA) is 60.0 Å². The zero-order valence-corrected chi connectivity index (χ0v) is 19.6. The standard InChI is InChI=1S/C20H32FN5O.HI/c1-5-19(27)26-11-10-16(14-26)24-20(22-4)23-13-15-8-9-18(17(21)12-15)25(6-2)7-3;/h8-9,12,16H,5-7,10-11,13-14H2,1-4H3,(H2,22,23,24);1H. The van der Waals surface area contributed by atoms with E-state index in [0.717, 1.165) is 31.6 Å². The molecule has 1 fully saturated rings. The molecule has 0 radical (unpaired) electrons. The van der Waals surface area contributed by atoms with Crippen molar-refractivity contribution in [1.82, 2.24) is 15.5 Å². The first-order valence-electron chi connectivity index (χ1n) is 9.80. The lowest BCUT2D eigenvalue weighted by Gasteiger charge is -2.22. The van der Waals surface area contributed by atoms with Crippen LogP contribution in [0.3, 0.4) is 0 Å². The van der Waals surface area contributed by atoms with Crippen molar-refractivity contribution < 1.29 is 9.18 Å². The van der Waals surface area contributed by atoms with Gasteiger partial charge in [0.05, 0.1) is 5.69 Å². The molecule has 6 nitrogen and oxygen atoms in total. The summed E-state index contributed by atoms with van der Waals surface area (Å²) in [4.78, 5) is 19.9. The van der Waals surface area contributed by atoms with Crippen molar-refractivity contribution in [2.75, 3.05) is 38.1 Å². The second-order valence-electron chi connectivity index (χ2n) is 6.71. The average Bonchev–Trinajstić information content (AvgIpc) is 3.15. The molecule has 1 saturated heterocycles. The fourth-order valence-corrected chi connectivity index (χ4v) is 3.38. The number of hydrogen-bond acceptors (Lipinski definition) is 3. The molecule has 0 aromatic heterocycles. The first kappa shape index (κ1) is 24.5. The number of amides is 1. The Kier molecular flexibility index (Phi) is 10.6. The van der Waals surface area contributed by atoms with Gasteiger partial charge in [0, 0.05) is 52.2 Å². The Morgan fingerprint density at radius 2 is 2.04 bits per heavy atom. The third kappa shape index (κ3) is 6.49. The molecule has 1 amide bonds. The molecule has 0 aliphatic carbocycles. The van der Waals surface area contributed by atoms with Crippen LogP contribution in [0.2, 0.25) is 0 Å². The Labute approximate surface area is 185 Å². The molecule has 1 unspecified atom stereocenters. The highest BCUT2D eigenvalue weighted by molar-refractivity contribution is 14.0. The number of aliphatic imine (C=N–C) groups is 1. The molecule has 1 aromatic carbocycles. The number of likely N-dealkylation sites (tertiary alicyclic amines) is 1. The van der Waals surface area contributed by atoms with Crippen molar-refractivity contribution in [3.8, 4) is 0 Å². The van der Waals surface area contributed by atoms with Gasteiger partial charge in [-0.2, -0.15) is 0 Å². The van der Waals surface area contributed by atoms with Crippen molar-refractivity contribution in [3.63, 3.8) is 0 Å². The second kappa shape index (κ2) is 12.1. The number of anilines is 1. The van der Waals surface area contributed by atoms with Gasteiger partial charge in [-0.3, -0.25) is 9.79 Å². The van der Waals surface area contributed by atoms with E-state index in [9.17, 15) is 9.18 Å². The molecular weight excluding hydrogens is 472 g/mol. The fourth-order valence-electron chi connectivity index (χ4n) is 3.38. The molecular formula is C20H33FIN5O. The minimum absolute atomic E-state index is 0. The van der Waals surface area contributed by atoms with Crippen molar-refractivity contribution >= 4 is 41.5 Å². The second-order valence-corrected chi connectivity index (χ2v) is 6.71. The van der Waals surface area contributed by atoms with E-state index in [1.54, 1.807) is 13.1 Å². The van der Waals surface area contributed by atoms with E-state index in [-0.39, 0.29) is 41.7 Å². The molecule has 0 bridgehead atoms. The lowest BCUT2D eigenvalue weighted by Crippen LogP contribution is -2.44. The van der Waals surface area contributed by atoms with Gasteiger partial charge in [0.2, 0.25) is 5.91 Å². The van der Waals surface area contributed by atoms with E-state index < -0.39 is 0 Å². The van der Waals surface area contributed by atoms with Crippen molar-refractivity contribution in [1.29, 1.82) is 0 Å². The Morgan fingerprint density at radius 1 is 1.32 bits per heavy atom. The molecule has 28 heavy (non-hydrogen) atoms. The number of rotatable bonds is 7. The number of guanidine groups is 1. The monoisotopic (exact) mass is 505 g/mol. The van der Waals surface area contributed by atoms with Gasteiger partial charge in [0.25, 0.3) is 0 Å². The summed E-state index contributed by atoms with van der Waals surface area (Å²) in [5, 5.41) is 6.58. The van der Waals surface area contributed by atoms with Crippen LogP contribution in [0.4, 0.5) is 10.1 Å². The molecule has 2 rings (SSSR count). The summed E-state index contributed by atoms with van der Waals surface area (Å²) in [5.41, 5.74) is 1.50. The number of nitrogens with one attached hydrogen (secondary N) is 2. The van der Waals surface area contributed by atoms with Crippen LogP contribution in [-0.2, 0) is 11.3 Å². The predicted molar refractivity (Wildman–Crippen MR) is 124 cm³/mol. The van der Waals surface area contributed by atoms with Crippen molar-refractivity contribution in [2.24, 2.45) is 4.99 Å². The summed E-state index contributed by atoms with van der Waals surface area (Å²) < 4.78 is 14.4. The number of nitrogens with zero attached hydrogens (tertiary/aromatic N) is 3. The minimum Gasteiger partial charge on any atom is -0.370 e. The Bertz CT molecular complexity index is 666. The Hall–Kier alpha value is -1.58. The Balaban J connectivity index is 0.00000392. The lowest BCUT2D eigenvalue weighted by atomic mass is 10.1. The summed E-state index contributed by atoms with van der Waals surface area (Å²) in [6.07, 6.45) is 1.44. The molecule has 158 valence electrons. The van der Waals surface area contributed by atoms with Gasteiger partial charge in [0.15, 0.2) is 5.96 Å². The van der Waals surface area contributed by atoms with Gasteiger partial charge in [-0.05, 0) is 38.0 Å². The van der Waals surface area contributed by atoms with E-state index in [0.29, 0.717) is 31.2 Å². The molecule has 2 N–H and O–H groups in total. The average molecular weight is 505 g/mol. The minimum atomic E-state index is -0.203. The van der Waals surface area contributed by atoms with E-state index >= 15 is 0 Å². The maximum Gasteiger partial charge on any atom is 0.222 e. The predicted octanol–water partition coefficient (Wildman–Crippen LogP) is 2.97. The van der Waals surface area contributed by atoms with Crippen LogP contribution < -0.4 is 15.5 Å². The smallest absolute Gasteiger partial charge is 0.222 e. The molecule has 1 atom stereocenters. The summed E-state index contributed by atoms with van der Waals surface area (Å²) in [5.74, 6) is 0.649. The highest BCUT2D eigenvalue weighted by Gasteiger charge is 2.25. The summed E-state index contributed by atoms with van der Waals surface area (Å²) in [7, 11) is 1.71. The van der Waals surface area contributed by atoms with Gasteiger partial charge in [-0.15, -0.1) is 24.0 Å². The molecule has 1 aliphatic heterocycles. The Morgan fingerprint density at radius 3 is 2.61 bits per heavy atom. The van der Waals surface area contributed by atoms with Gasteiger partial charge in [0.1, 0.15) is 5.82 Å². The lowest BCUT2D eigenvalue weighted by molar-refractivity contribution is -0.129. The molecule has 1 heterocycles. The first-order chi connectivity index (χ1) is 13.0. The quantitative estimate of drug-likeness (QED) is 0.340. The highest BCUT2D eigenvalue weighted by atomic mass is 127. The number of halogens is 2. The first-order valence-corrected chi connectivity index (χ1v) is 9.80. The normalized spacial score (nSPS) is 16.5. The van der Waals surface area contributed by atoms with E-state index in [1.165, 1.54) is 0 Å². The van der Waals surface area contributed by atoms with Crippen LogP contribution in [0.1, 0.15) is 39.2 Å². The van der Waals surface area contributed by atoms with Crippen LogP contribution in [0.5, 0.6) is 0 Å². The molecule has 0 saturated carbocycles. The zero-order valence-electron chi connectivity index (χ0n) is 17.3. The van der Waals surface area contributed by atoms with Crippen LogP contribution in [0.25, 0.3) is 0 Å². The van der Waals surface area contributed by atoms with Gasteiger partial charge in [-0.1, -0.05) is 13.0 Å². The molecule has 0 spiro atoms. The third-order valence-electron chi connectivity index (χ3n) is 4.98. The number of hydrogen-bond donors (Lipinski definition) is 2. The summed E-state index contributed by atoms with van der Waals surface area (Å²) in [6, 6.07) is 5.54. The van der Waals surface area contributed by atoms with Crippen LogP contribution in [-0.4, -0.2) is 56.0 Å². The van der Waals surface area contributed by atoms with Crippen LogP contribution >= 0.6 is 24.0 Å².